The highest BCUT2D eigenvalue weighted by atomic mass is 16.5. The largest absolute Gasteiger partial charge is 0.378 e. The van der Waals surface area contributed by atoms with Crippen LogP contribution >= 0.6 is 0 Å². The van der Waals surface area contributed by atoms with Crippen molar-refractivity contribution in [2.45, 2.75) is 38.2 Å². The van der Waals surface area contributed by atoms with Crippen LogP contribution in [-0.4, -0.2) is 49.7 Å². The van der Waals surface area contributed by atoms with Crippen molar-refractivity contribution in [1.82, 2.24) is 10.2 Å². The minimum absolute atomic E-state index is 0.136. The summed E-state index contributed by atoms with van der Waals surface area (Å²) in [6.45, 7) is 4.78. The minimum atomic E-state index is 0.136. The van der Waals surface area contributed by atoms with Crippen molar-refractivity contribution >= 4 is 5.91 Å². The molecule has 1 aliphatic carbocycles. The molecule has 25 heavy (non-hydrogen) atoms. The van der Waals surface area contributed by atoms with Gasteiger partial charge in [-0.15, -0.1) is 0 Å². The molecule has 0 radical (unpaired) electrons. The SMILES string of the molecule is O=C(NCC1CC1)[C@@H]1CCO[C@@H]2CCN(CCc3ccccc3)C[C@H]21. The fraction of sp³-hybridized carbons (Fsp3) is 0.667. The number of ether oxygens (including phenoxy) is 1. The van der Waals surface area contributed by atoms with Crippen LogP contribution in [0.25, 0.3) is 0 Å². The van der Waals surface area contributed by atoms with Crippen molar-refractivity contribution in [2.75, 3.05) is 32.8 Å². The van der Waals surface area contributed by atoms with Gasteiger partial charge in [0.2, 0.25) is 5.91 Å². The summed E-state index contributed by atoms with van der Waals surface area (Å²) >= 11 is 0. The molecule has 1 aromatic rings. The Balaban J connectivity index is 1.32. The number of carbonyl (C=O) groups is 1. The van der Waals surface area contributed by atoms with Crippen molar-refractivity contribution < 1.29 is 9.53 Å². The molecule has 2 saturated heterocycles. The number of nitrogens with one attached hydrogen (secondary N) is 1. The van der Waals surface area contributed by atoms with E-state index in [0.29, 0.717) is 5.92 Å². The van der Waals surface area contributed by atoms with E-state index in [1.54, 1.807) is 0 Å². The summed E-state index contributed by atoms with van der Waals surface area (Å²) in [5.41, 5.74) is 1.39. The molecule has 0 unspecified atom stereocenters. The van der Waals surface area contributed by atoms with E-state index in [0.717, 1.165) is 58.0 Å². The molecule has 1 amide bonds. The third kappa shape index (κ3) is 4.42. The first-order valence-corrected chi connectivity index (χ1v) is 9.95. The van der Waals surface area contributed by atoms with E-state index < -0.39 is 0 Å². The lowest BCUT2D eigenvalue weighted by molar-refractivity contribution is -0.141. The third-order valence-corrected chi connectivity index (χ3v) is 6.11. The Morgan fingerprint density at radius 3 is 2.80 bits per heavy atom. The molecule has 3 atom stereocenters. The number of amides is 1. The average molecular weight is 342 g/mol. The first-order valence-electron chi connectivity index (χ1n) is 9.95. The molecular weight excluding hydrogens is 312 g/mol. The molecule has 136 valence electrons. The van der Waals surface area contributed by atoms with E-state index in [1.807, 2.05) is 0 Å². The van der Waals surface area contributed by atoms with Gasteiger partial charge < -0.3 is 15.0 Å². The second-order valence-electron chi connectivity index (χ2n) is 7.98. The summed E-state index contributed by atoms with van der Waals surface area (Å²) in [5, 5.41) is 3.21. The number of likely N-dealkylation sites (tertiary alicyclic amines) is 1. The Hall–Kier alpha value is -1.39. The zero-order valence-corrected chi connectivity index (χ0v) is 15.0. The van der Waals surface area contributed by atoms with Gasteiger partial charge in [-0.1, -0.05) is 30.3 Å². The molecule has 2 heterocycles. The van der Waals surface area contributed by atoms with Gasteiger partial charge >= 0.3 is 0 Å². The van der Waals surface area contributed by atoms with Gasteiger partial charge in [0.1, 0.15) is 0 Å². The summed E-state index contributed by atoms with van der Waals surface area (Å²) < 4.78 is 6.00. The van der Waals surface area contributed by atoms with E-state index in [4.69, 9.17) is 4.74 Å². The van der Waals surface area contributed by atoms with E-state index in [1.165, 1.54) is 18.4 Å². The molecule has 4 heteroatoms. The van der Waals surface area contributed by atoms with Crippen molar-refractivity contribution in [3.8, 4) is 0 Å². The maximum absolute atomic E-state index is 12.7. The van der Waals surface area contributed by atoms with Gasteiger partial charge in [-0.05, 0) is 43.6 Å². The zero-order valence-electron chi connectivity index (χ0n) is 15.0. The quantitative estimate of drug-likeness (QED) is 0.864. The lowest BCUT2D eigenvalue weighted by Crippen LogP contribution is -2.53. The van der Waals surface area contributed by atoms with Crippen molar-refractivity contribution in [3.63, 3.8) is 0 Å². The molecule has 1 N–H and O–H groups in total. The topological polar surface area (TPSA) is 41.6 Å². The summed E-state index contributed by atoms with van der Waals surface area (Å²) in [6, 6.07) is 10.7. The molecule has 0 spiro atoms. The second kappa shape index (κ2) is 7.88. The molecule has 3 fully saturated rings. The molecule has 1 saturated carbocycles. The van der Waals surface area contributed by atoms with E-state index in [2.05, 4.69) is 40.5 Å². The fourth-order valence-electron chi connectivity index (χ4n) is 4.34. The van der Waals surface area contributed by atoms with Crippen molar-refractivity contribution in [2.24, 2.45) is 17.8 Å². The standard InChI is InChI=1S/C21H30N2O2/c24-21(22-14-17-6-7-17)18-10-13-25-20-9-12-23(15-19(18)20)11-8-16-4-2-1-3-5-16/h1-5,17-20H,6-15H2,(H,22,24)/t18-,19+,20-/m1/s1. The van der Waals surface area contributed by atoms with Crippen LogP contribution in [0.2, 0.25) is 0 Å². The van der Waals surface area contributed by atoms with Crippen LogP contribution in [0.3, 0.4) is 0 Å². The van der Waals surface area contributed by atoms with Gasteiger partial charge in [-0.2, -0.15) is 0 Å². The van der Waals surface area contributed by atoms with E-state index >= 15 is 0 Å². The smallest absolute Gasteiger partial charge is 0.223 e. The maximum Gasteiger partial charge on any atom is 0.223 e. The molecule has 3 aliphatic rings. The van der Waals surface area contributed by atoms with Gasteiger partial charge in [0.05, 0.1) is 6.10 Å². The zero-order chi connectivity index (χ0) is 17.1. The van der Waals surface area contributed by atoms with Gasteiger partial charge in [0.15, 0.2) is 0 Å². The molecule has 0 aromatic heterocycles. The number of fused-ring (bicyclic) bond motifs is 1. The fourth-order valence-corrected chi connectivity index (χ4v) is 4.34. The summed E-state index contributed by atoms with van der Waals surface area (Å²) in [5.74, 6) is 1.51. The Morgan fingerprint density at radius 2 is 2.00 bits per heavy atom. The van der Waals surface area contributed by atoms with Crippen molar-refractivity contribution in [1.29, 1.82) is 0 Å². The number of hydrogen-bond acceptors (Lipinski definition) is 3. The first kappa shape index (κ1) is 17.0. The van der Waals surface area contributed by atoms with Crippen LogP contribution in [0.4, 0.5) is 0 Å². The van der Waals surface area contributed by atoms with Crippen LogP contribution < -0.4 is 5.32 Å². The van der Waals surface area contributed by atoms with Crippen LogP contribution in [0.1, 0.15) is 31.2 Å². The molecule has 4 rings (SSSR count). The van der Waals surface area contributed by atoms with Gasteiger partial charge in [-0.25, -0.2) is 0 Å². The Morgan fingerprint density at radius 1 is 1.16 bits per heavy atom. The normalized spacial score (nSPS) is 29.8. The van der Waals surface area contributed by atoms with Crippen LogP contribution in [0.5, 0.6) is 0 Å². The number of piperidine rings is 1. The third-order valence-electron chi connectivity index (χ3n) is 6.11. The highest BCUT2D eigenvalue weighted by Gasteiger charge is 2.41. The Labute approximate surface area is 150 Å². The van der Waals surface area contributed by atoms with Gasteiger partial charge in [0, 0.05) is 44.6 Å². The van der Waals surface area contributed by atoms with Gasteiger partial charge in [-0.3, -0.25) is 4.79 Å². The highest BCUT2D eigenvalue weighted by molar-refractivity contribution is 5.79. The monoisotopic (exact) mass is 342 g/mol. The van der Waals surface area contributed by atoms with Crippen LogP contribution in [0, 0.1) is 17.8 Å². The Bertz CT molecular complexity index is 573. The van der Waals surface area contributed by atoms with E-state index in [-0.39, 0.29) is 17.9 Å². The molecule has 4 nitrogen and oxygen atoms in total. The molecule has 2 aliphatic heterocycles. The number of benzene rings is 1. The number of nitrogens with zero attached hydrogens (tertiary/aromatic N) is 1. The highest BCUT2D eigenvalue weighted by Crippen LogP contribution is 2.34. The first-order chi connectivity index (χ1) is 12.3. The molecule has 1 aromatic carbocycles. The second-order valence-corrected chi connectivity index (χ2v) is 7.98. The summed E-state index contributed by atoms with van der Waals surface area (Å²) in [7, 11) is 0. The van der Waals surface area contributed by atoms with Crippen LogP contribution in [0.15, 0.2) is 30.3 Å². The van der Waals surface area contributed by atoms with Crippen LogP contribution in [-0.2, 0) is 16.0 Å². The predicted octanol–water partition coefficient (Wildman–Crippen LogP) is 2.48. The van der Waals surface area contributed by atoms with Crippen molar-refractivity contribution in [3.05, 3.63) is 35.9 Å². The number of hydrogen-bond donors (Lipinski definition) is 1. The molecule has 0 bridgehead atoms. The lowest BCUT2D eigenvalue weighted by atomic mass is 9.79. The summed E-state index contributed by atoms with van der Waals surface area (Å²) in [6.07, 6.45) is 5.87. The minimum Gasteiger partial charge on any atom is -0.378 e. The molecular formula is C21H30N2O2. The number of carbonyl (C=O) groups excluding carboxylic acids is 1. The van der Waals surface area contributed by atoms with Gasteiger partial charge in [0.25, 0.3) is 0 Å². The summed E-state index contributed by atoms with van der Waals surface area (Å²) in [4.78, 5) is 15.2. The van der Waals surface area contributed by atoms with E-state index in [9.17, 15) is 4.79 Å². The Kier molecular flexibility index (Phi) is 5.37. The average Bonchev–Trinajstić information content (AvgIpc) is 3.49. The maximum atomic E-state index is 12.7. The lowest BCUT2D eigenvalue weighted by Gasteiger charge is -2.44. The predicted molar refractivity (Wildman–Crippen MR) is 98.3 cm³/mol. The number of rotatable bonds is 6.